The minimum Gasteiger partial charge on any atom is -0.352 e. The van der Waals surface area contributed by atoms with Gasteiger partial charge >= 0.3 is 0 Å². The Morgan fingerprint density at radius 1 is 1.62 bits per heavy atom. The van der Waals surface area contributed by atoms with Crippen LogP contribution in [0.2, 0.25) is 0 Å². The lowest BCUT2D eigenvalue weighted by molar-refractivity contribution is 0.0952. The molecule has 1 aromatic rings. The van der Waals surface area contributed by atoms with Crippen molar-refractivity contribution in [3.05, 3.63) is 29.6 Å². The molecule has 1 amide bonds. The van der Waals surface area contributed by atoms with Gasteiger partial charge in [-0.2, -0.15) is 0 Å². The summed E-state index contributed by atoms with van der Waals surface area (Å²) in [4.78, 5) is 15.7. The molecule has 16 heavy (non-hydrogen) atoms. The van der Waals surface area contributed by atoms with Crippen LogP contribution in [0.25, 0.3) is 0 Å². The molecule has 0 spiro atoms. The largest absolute Gasteiger partial charge is 0.352 e. The molecule has 0 radical (unpaired) electrons. The number of hydrogen-bond donors (Lipinski definition) is 2. The van der Waals surface area contributed by atoms with Gasteiger partial charge in [-0.3, -0.25) is 9.78 Å². The van der Waals surface area contributed by atoms with E-state index in [0.29, 0.717) is 12.1 Å². The molecule has 0 fully saturated rings. The van der Waals surface area contributed by atoms with Crippen LogP contribution < -0.4 is 11.1 Å². The van der Waals surface area contributed by atoms with E-state index in [-0.39, 0.29) is 11.9 Å². The van der Waals surface area contributed by atoms with E-state index in [0.717, 1.165) is 18.5 Å². The molecule has 0 aliphatic carbocycles. The lowest BCUT2D eigenvalue weighted by Gasteiger charge is -2.09. The zero-order chi connectivity index (χ0) is 12.0. The molecule has 1 rings (SSSR count). The summed E-state index contributed by atoms with van der Waals surface area (Å²) >= 11 is 0. The highest BCUT2D eigenvalue weighted by atomic mass is 16.1. The lowest BCUT2D eigenvalue weighted by atomic mass is 10.1. The van der Waals surface area contributed by atoms with Crippen LogP contribution in [0, 0.1) is 6.92 Å². The number of rotatable bonds is 5. The van der Waals surface area contributed by atoms with Crippen LogP contribution in [0.4, 0.5) is 0 Å². The second-order valence-corrected chi connectivity index (χ2v) is 3.90. The summed E-state index contributed by atoms with van der Waals surface area (Å²) in [6.45, 7) is 4.53. The number of aromatic nitrogens is 1. The maximum absolute atomic E-state index is 11.7. The minimum atomic E-state index is -0.0613. The molecule has 0 aliphatic rings. The molecule has 0 bridgehead atoms. The standard InChI is InChI=1S/C12H19N3O/c1-3-11(13)5-7-15-12(16)10-4-6-14-9(2)8-10/h4,6,8,11H,3,5,7,13H2,1-2H3,(H,15,16). The summed E-state index contributed by atoms with van der Waals surface area (Å²) in [5, 5.41) is 2.84. The third kappa shape index (κ3) is 3.98. The van der Waals surface area contributed by atoms with Crippen LogP contribution in [0.15, 0.2) is 18.3 Å². The highest BCUT2D eigenvalue weighted by Crippen LogP contribution is 2.00. The van der Waals surface area contributed by atoms with Gasteiger partial charge < -0.3 is 11.1 Å². The third-order valence-corrected chi connectivity index (χ3v) is 2.48. The molecule has 3 N–H and O–H groups in total. The van der Waals surface area contributed by atoms with Crippen LogP contribution in [0.1, 0.15) is 35.8 Å². The zero-order valence-electron chi connectivity index (χ0n) is 9.86. The third-order valence-electron chi connectivity index (χ3n) is 2.48. The Hall–Kier alpha value is -1.42. The summed E-state index contributed by atoms with van der Waals surface area (Å²) in [5.74, 6) is -0.0613. The molecule has 1 heterocycles. The molecular weight excluding hydrogens is 202 g/mol. The van der Waals surface area contributed by atoms with Crippen LogP contribution in [-0.4, -0.2) is 23.5 Å². The fourth-order valence-electron chi connectivity index (χ4n) is 1.36. The Balaban J connectivity index is 2.41. The summed E-state index contributed by atoms with van der Waals surface area (Å²) in [7, 11) is 0. The van der Waals surface area contributed by atoms with Crippen molar-refractivity contribution < 1.29 is 4.79 Å². The molecule has 0 saturated heterocycles. The van der Waals surface area contributed by atoms with E-state index in [9.17, 15) is 4.79 Å². The number of carbonyl (C=O) groups is 1. The SMILES string of the molecule is CCC(N)CCNC(=O)c1ccnc(C)c1. The van der Waals surface area contributed by atoms with Gasteiger partial charge in [-0.25, -0.2) is 0 Å². The molecule has 4 nitrogen and oxygen atoms in total. The van der Waals surface area contributed by atoms with Gasteiger partial charge in [-0.05, 0) is 31.9 Å². The maximum Gasteiger partial charge on any atom is 0.251 e. The summed E-state index contributed by atoms with van der Waals surface area (Å²) in [6.07, 6.45) is 3.39. The van der Waals surface area contributed by atoms with Gasteiger partial charge in [0.1, 0.15) is 0 Å². The van der Waals surface area contributed by atoms with Crippen molar-refractivity contribution in [2.45, 2.75) is 32.7 Å². The smallest absolute Gasteiger partial charge is 0.251 e. The average Bonchev–Trinajstić information content (AvgIpc) is 2.28. The van der Waals surface area contributed by atoms with Crippen LogP contribution >= 0.6 is 0 Å². The number of nitrogens with one attached hydrogen (secondary N) is 1. The van der Waals surface area contributed by atoms with Crippen molar-refractivity contribution in [3.8, 4) is 0 Å². The fourth-order valence-corrected chi connectivity index (χ4v) is 1.36. The van der Waals surface area contributed by atoms with Crippen molar-refractivity contribution in [3.63, 3.8) is 0 Å². The topological polar surface area (TPSA) is 68.0 Å². The quantitative estimate of drug-likeness (QED) is 0.786. The first-order valence-corrected chi connectivity index (χ1v) is 5.60. The first-order valence-electron chi connectivity index (χ1n) is 5.60. The van der Waals surface area contributed by atoms with Crippen molar-refractivity contribution in [1.82, 2.24) is 10.3 Å². The van der Waals surface area contributed by atoms with E-state index in [1.54, 1.807) is 18.3 Å². The number of nitrogens with zero attached hydrogens (tertiary/aromatic N) is 1. The number of hydrogen-bond acceptors (Lipinski definition) is 3. The van der Waals surface area contributed by atoms with E-state index in [1.807, 2.05) is 13.8 Å². The van der Waals surface area contributed by atoms with Crippen molar-refractivity contribution in [2.75, 3.05) is 6.54 Å². The predicted octanol–water partition coefficient (Wildman–Crippen LogP) is 1.25. The van der Waals surface area contributed by atoms with E-state index < -0.39 is 0 Å². The molecule has 1 unspecified atom stereocenters. The van der Waals surface area contributed by atoms with Gasteiger partial charge in [0.2, 0.25) is 0 Å². The van der Waals surface area contributed by atoms with Crippen LogP contribution in [-0.2, 0) is 0 Å². The van der Waals surface area contributed by atoms with Crippen LogP contribution in [0.5, 0.6) is 0 Å². The molecule has 1 atom stereocenters. The van der Waals surface area contributed by atoms with Crippen molar-refractivity contribution >= 4 is 5.91 Å². The number of amides is 1. The average molecular weight is 221 g/mol. The minimum absolute atomic E-state index is 0.0613. The molecule has 4 heteroatoms. The van der Waals surface area contributed by atoms with Crippen molar-refractivity contribution in [2.24, 2.45) is 5.73 Å². The summed E-state index contributed by atoms with van der Waals surface area (Å²) in [6, 6.07) is 3.65. The molecule has 0 aromatic carbocycles. The van der Waals surface area contributed by atoms with E-state index in [4.69, 9.17) is 5.73 Å². The van der Waals surface area contributed by atoms with Gasteiger partial charge in [0.05, 0.1) is 0 Å². The first-order chi connectivity index (χ1) is 7.63. The van der Waals surface area contributed by atoms with Gasteiger partial charge in [0.15, 0.2) is 0 Å². The highest BCUT2D eigenvalue weighted by Gasteiger charge is 2.05. The van der Waals surface area contributed by atoms with Gasteiger partial charge in [-0.1, -0.05) is 6.92 Å². The van der Waals surface area contributed by atoms with Crippen LogP contribution in [0.3, 0.4) is 0 Å². The Morgan fingerprint density at radius 3 is 3.00 bits per heavy atom. The van der Waals surface area contributed by atoms with E-state index >= 15 is 0 Å². The number of aryl methyl sites for hydroxylation is 1. The maximum atomic E-state index is 11.7. The second-order valence-electron chi connectivity index (χ2n) is 3.90. The molecule has 0 saturated carbocycles. The number of nitrogens with two attached hydrogens (primary N) is 1. The van der Waals surface area contributed by atoms with Gasteiger partial charge in [0, 0.05) is 30.0 Å². The summed E-state index contributed by atoms with van der Waals surface area (Å²) in [5.41, 5.74) is 7.26. The van der Waals surface area contributed by atoms with E-state index in [2.05, 4.69) is 10.3 Å². The Labute approximate surface area is 96.3 Å². The molecular formula is C12H19N3O. The van der Waals surface area contributed by atoms with Gasteiger partial charge in [-0.15, -0.1) is 0 Å². The number of carbonyl (C=O) groups excluding carboxylic acids is 1. The number of pyridine rings is 1. The highest BCUT2D eigenvalue weighted by molar-refractivity contribution is 5.94. The van der Waals surface area contributed by atoms with Gasteiger partial charge in [0.25, 0.3) is 5.91 Å². The second kappa shape index (κ2) is 6.23. The molecule has 1 aromatic heterocycles. The normalized spacial score (nSPS) is 12.2. The fraction of sp³-hybridized carbons (Fsp3) is 0.500. The molecule has 88 valence electrons. The lowest BCUT2D eigenvalue weighted by Crippen LogP contribution is -2.30. The Kier molecular flexibility index (Phi) is 4.92. The summed E-state index contributed by atoms with van der Waals surface area (Å²) < 4.78 is 0. The molecule has 0 aliphatic heterocycles. The Bertz CT molecular complexity index is 352. The zero-order valence-corrected chi connectivity index (χ0v) is 9.86. The Morgan fingerprint density at radius 2 is 2.38 bits per heavy atom. The monoisotopic (exact) mass is 221 g/mol. The van der Waals surface area contributed by atoms with E-state index in [1.165, 1.54) is 0 Å². The van der Waals surface area contributed by atoms with Crippen molar-refractivity contribution in [1.29, 1.82) is 0 Å². The predicted molar refractivity (Wildman–Crippen MR) is 64.2 cm³/mol. The first kappa shape index (κ1) is 12.6.